The van der Waals surface area contributed by atoms with E-state index in [-0.39, 0.29) is 6.61 Å². The number of benzene rings is 2. The molecule has 0 bridgehead atoms. The molecule has 2 heterocycles. The minimum atomic E-state index is -0.0646. The molecule has 18 heavy (non-hydrogen) atoms. The third kappa shape index (κ3) is 1.11. The molecule has 0 aliphatic heterocycles. The second kappa shape index (κ2) is 3.37. The Balaban J connectivity index is 2.34. The third-order valence-corrected chi connectivity index (χ3v) is 3.34. The van der Waals surface area contributed by atoms with Crippen LogP contribution in [0, 0.1) is 0 Å². The second-order valence-electron chi connectivity index (χ2n) is 4.32. The first kappa shape index (κ1) is 9.74. The zero-order valence-corrected chi connectivity index (χ0v) is 9.51. The van der Waals surface area contributed by atoms with Crippen LogP contribution in [0.3, 0.4) is 0 Å². The van der Waals surface area contributed by atoms with Gasteiger partial charge in [0, 0.05) is 21.7 Å². The fraction of sp³-hybridized carbons (Fsp3) is 0.0667. The average Bonchev–Trinajstić information content (AvgIpc) is 2.99. The lowest BCUT2D eigenvalue weighted by Crippen LogP contribution is -1.85. The molecule has 4 aromatic rings. The Bertz CT molecular complexity index is 867. The summed E-state index contributed by atoms with van der Waals surface area (Å²) in [6, 6.07) is 11.7. The number of hydrogen-bond donors (Lipinski definition) is 1. The predicted octanol–water partition coefficient (Wildman–Crippen LogP) is 3.82. The van der Waals surface area contributed by atoms with Crippen molar-refractivity contribution in [2.75, 3.05) is 0 Å². The van der Waals surface area contributed by atoms with Crippen molar-refractivity contribution in [2.45, 2.75) is 6.61 Å². The van der Waals surface area contributed by atoms with Gasteiger partial charge in [-0.25, -0.2) is 0 Å². The summed E-state index contributed by atoms with van der Waals surface area (Å²) in [6.45, 7) is -0.0646. The van der Waals surface area contributed by atoms with Gasteiger partial charge >= 0.3 is 0 Å². The van der Waals surface area contributed by atoms with Gasteiger partial charge in [0.2, 0.25) is 0 Å². The Kier molecular flexibility index (Phi) is 1.82. The Morgan fingerprint density at radius 1 is 1.06 bits per heavy atom. The summed E-state index contributed by atoms with van der Waals surface area (Å²) < 4.78 is 11.3. The molecular weight excluding hydrogens is 228 g/mol. The van der Waals surface area contributed by atoms with E-state index in [9.17, 15) is 5.11 Å². The SMILES string of the molecule is OCc1c2occc2cc2oc3ccccc3c12. The molecule has 2 aromatic heterocycles. The highest BCUT2D eigenvalue weighted by molar-refractivity contribution is 6.11. The van der Waals surface area contributed by atoms with Crippen LogP contribution >= 0.6 is 0 Å². The zero-order chi connectivity index (χ0) is 12.1. The molecule has 0 aliphatic rings. The summed E-state index contributed by atoms with van der Waals surface area (Å²) in [5.74, 6) is 0. The van der Waals surface area contributed by atoms with Crippen molar-refractivity contribution in [3.8, 4) is 0 Å². The minimum absolute atomic E-state index is 0.0646. The lowest BCUT2D eigenvalue weighted by Gasteiger charge is -2.00. The largest absolute Gasteiger partial charge is 0.464 e. The molecule has 4 rings (SSSR count). The number of aliphatic hydroxyl groups is 1. The molecule has 0 amide bonds. The van der Waals surface area contributed by atoms with Crippen LogP contribution in [0.5, 0.6) is 0 Å². The Morgan fingerprint density at radius 2 is 1.94 bits per heavy atom. The topological polar surface area (TPSA) is 46.5 Å². The summed E-state index contributed by atoms with van der Waals surface area (Å²) in [6.07, 6.45) is 1.63. The van der Waals surface area contributed by atoms with Crippen LogP contribution in [-0.2, 0) is 6.61 Å². The molecule has 0 radical (unpaired) electrons. The molecule has 0 spiro atoms. The lowest BCUT2D eigenvalue weighted by atomic mass is 10.0. The van der Waals surface area contributed by atoms with Crippen molar-refractivity contribution in [2.24, 2.45) is 0 Å². The molecule has 1 N–H and O–H groups in total. The van der Waals surface area contributed by atoms with Crippen molar-refractivity contribution in [3.63, 3.8) is 0 Å². The average molecular weight is 238 g/mol. The lowest BCUT2D eigenvalue weighted by molar-refractivity contribution is 0.283. The molecule has 0 unspecified atom stereocenters. The first-order chi connectivity index (χ1) is 8.88. The van der Waals surface area contributed by atoms with Gasteiger partial charge in [-0.1, -0.05) is 18.2 Å². The molecule has 3 nitrogen and oxygen atoms in total. The number of para-hydroxylation sites is 1. The van der Waals surface area contributed by atoms with Gasteiger partial charge < -0.3 is 13.9 Å². The normalized spacial score (nSPS) is 11.8. The first-order valence-corrected chi connectivity index (χ1v) is 5.79. The number of aliphatic hydroxyl groups excluding tert-OH is 1. The van der Waals surface area contributed by atoms with Crippen LogP contribution in [0.2, 0.25) is 0 Å². The van der Waals surface area contributed by atoms with Gasteiger partial charge in [-0.2, -0.15) is 0 Å². The van der Waals surface area contributed by atoms with Gasteiger partial charge in [0.05, 0.1) is 12.9 Å². The fourth-order valence-corrected chi connectivity index (χ4v) is 2.56. The predicted molar refractivity (Wildman–Crippen MR) is 69.4 cm³/mol. The molecular formula is C15H10O3. The maximum Gasteiger partial charge on any atom is 0.140 e. The Hall–Kier alpha value is -2.26. The monoisotopic (exact) mass is 238 g/mol. The zero-order valence-electron chi connectivity index (χ0n) is 9.51. The maximum atomic E-state index is 9.63. The van der Waals surface area contributed by atoms with E-state index >= 15 is 0 Å². The van der Waals surface area contributed by atoms with E-state index in [1.807, 2.05) is 36.4 Å². The number of rotatable bonds is 1. The quantitative estimate of drug-likeness (QED) is 0.548. The van der Waals surface area contributed by atoms with Crippen molar-refractivity contribution >= 4 is 32.9 Å². The standard InChI is InChI=1S/C15H10O3/c16-8-11-14-10-3-1-2-4-12(10)18-13(14)7-9-5-6-17-15(9)11/h1-7,16H,8H2. The summed E-state index contributed by atoms with van der Waals surface area (Å²) in [7, 11) is 0. The Morgan fingerprint density at radius 3 is 2.83 bits per heavy atom. The van der Waals surface area contributed by atoms with E-state index in [0.717, 1.165) is 38.5 Å². The molecule has 88 valence electrons. The summed E-state index contributed by atoms with van der Waals surface area (Å²) in [5, 5.41) is 12.5. The van der Waals surface area contributed by atoms with Crippen LogP contribution < -0.4 is 0 Å². The molecule has 0 fully saturated rings. The number of hydrogen-bond acceptors (Lipinski definition) is 3. The minimum Gasteiger partial charge on any atom is -0.464 e. The van der Waals surface area contributed by atoms with E-state index in [2.05, 4.69) is 0 Å². The summed E-state index contributed by atoms with van der Waals surface area (Å²) in [4.78, 5) is 0. The molecule has 3 heteroatoms. The highest BCUT2D eigenvalue weighted by Crippen LogP contribution is 2.36. The van der Waals surface area contributed by atoms with E-state index < -0.39 is 0 Å². The molecule has 0 aliphatic carbocycles. The summed E-state index contributed by atoms with van der Waals surface area (Å²) in [5.41, 5.74) is 3.14. The highest BCUT2D eigenvalue weighted by Gasteiger charge is 2.15. The Labute approximate surface area is 102 Å². The molecule has 0 atom stereocenters. The van der Waals surface area contributed by atoms with Crippen molar-refractivity contribution in [1.29, 1.82) is 0 Å². The number of fused-ring (bicyclic) bond motifs is 4. The van der Waals surface area contributed by atoms with Crippen LogP contribution in [-0.4, -0.2) is 5.11 Å². The maximum absolute atomic E-state index is 9.63. The number of furan rings is 2. The van der Waals surface area contributed by atoms with Gasteiger partial charge in [-0.15, -0.1) is 0 Å². The highest BCUT2D eigenvalue weighted by atomic mass is 16.3. The molecule has 0 saturated heterocycles. The van der Waals surface area contributed by atoms with Crippen LogP contribution in [0.4, 0.5) is 0 Å². The van der Waals surface area contributed by atoms with Crippen molar-refractivity contribution < 1.29 is 13.9 Å². The van der Waals surface area contributed by atoms with E-state index in [1.165, 1.54) is 0 Å². The van der Waals surface area contributed by atoms with E-state index in [0.29, 0.717) is 0 Å². The van der Waals surface area contributed by atoms with Gasteiger partial charge in [0.25, 0.3) is 0 Å². The van der Waals surface area contributed by atoms with Gasteiger partial charge in [-0.05, 0) is 18.2 Å². The van der Waals surface area contributed by atoms with Gasteiger partial charge in [-0.3, -0.25) is 0 Å². The first-order valence-electron chi connectivity index (χ1n) is 5.79. The fourth-order valence-electron chi connectivity index (χ4n) is 2.56. The second-order valence-corrected chi connectivity index (χ2v) is 4.32. The van der Waals surface area contributed by atoms with Crippen LogP contribution in [0.25, 0.3) is 32.9 Å². The van der Waals surface area contributed by atoms with Gasteiger partial charge in [0.15, 0.2) is 0 Å². The van der Waals surface area contributed by atoms with E-state index in [4.69, 9.17) is 8.83 Å². The third-order valence-electron chi connectivity index (χ3n) is 3.34. The molecule has 2 aromatic carbocycles. The van der Waals surface area contributed by atoms with Gasteiger partial charge in [0.1, 0.15) is 16.7 Å². The van der Waals surface area contributed by atoms with Crippen LogP contribution in [0.15, 0.2) is 51.5 Å². The van der Waals surface area contributed by atoms with Crippen molar-refractivity contribution in [3.05, 3.63) is 48.2 Å². The smallest absolute Gasteiger partial charge is 0.140 e. The van der Waals surface area contributed by atoms with Crippen molar-refractivity contribution in [1.82, 2.24) is 0 Å². The van der Waals surface area contributed by atoms with E-state index in [1.54, 1.807) is 6.26 Å². The molecule has 0 saturated carbocycles. The van der Waals surface area contributed by atoms with Crippen LogP contribution in [0.1, 0.15) is 5.56 Å². The summed E-state index contributed by atoms with van der Waals surface area (Å²) >= 11 is 0.